The Morgan fingerprint density at radius 2 is 1.23 bits per heavy atom. The van der Waals surface area contributed by atoms with Crippen LogP contribution in [0.4, 0.5) is 0 Å². The fourth-order valence-corrected chi connectivity index (χ4v) is 2.81. The number of carbonyl (C=O) groups is 2. The fourth-order valence-electron chi connectivity index (χ4n) is 2.81. The SMILES string of the molecule is CC(C)(CCOC(C)(C)C(=O)C(C)(C)CCN)OC(=O)C(C)(C)CCN. The third-order valence-corrected chi connectivity index (χ3v) is 4.79. The molecule has 6 heteroatoms. The Balaban J connectivity index is 4.73. The molecular formula is C20H40N2O4. The number of ketones is 1. The van der Waals surface area contributed by atoms with Gasteiger partial charge in [0.15, 0.2) is 5.78 Å². The molecule has 26 heavy (non-hydrogen) atoms. The van der Waals surface area contributed by atoms with Gasteiger partial charge in [-0.3, -0.25) is 9.59 Å². The lowest BCUT2D eigenvalue weighted by molar-refractivity contribution is -0.171. The number of carbonyl (C=O) groups excluding carboxylic acids is 2. The minimum Gasteiger partial charge on any atom is -0.459 e. The molecular weight excluding hydrogens is 332 g/mol. The molecule has 4 N–H and O–H groups in total. The lowest BCUT2D eigenvalue weighted by atomic mass is 9.77. The zero-order chi connectivity index (χ0) is 20.8. The quantitative estimate of drug-likeness (QED) is 0.510. The van der Waals surface area contributed by atoms with Crippen LogP contribution in [-0.4, -0.2) is 42.7 Å². The highest BCUT2D eigenvalue weighted by molar-refractivity contribution is 5.91. The lowest BCUT2D eigenvalue weighted by Crippen LogP contribution is -2.45. The van der Waals surface area contributed by atoms with Crippen LogP contribution in [0.15, 0.2) is 0 Å². The van der Waals surface area contributed by atoms with Crippen molar-refractivity contribution in [2.24, 2.45) is 22.3 Å². The van der Waals surface area contributed by atoms with Crippen molar-refractivity contribution in [3.8, 4) is 0 Å². The molecule has 0 aromatic heterocycles. The number of hydrogen-bond acceptors (Lipinski definition) is 6. The molecule has 0 aliphatic carbocycles. The van der Waals surface area contributed by atoms with Gasteiger partial charge in [-0.05, 0) is 67.5 Å². The van der Waals surface area contributed by atoms with E-state index in [1.807, 2.05) is 41.5 Å². The van der Waals surface area contributed by atoms with Crippen LogP contribution in [-0.2, 0) is 19.1 Å². The minimum absolute atomic E-state index is 0.0225. The Morgan fingerprint density at radius 1 is 0.769 bits per heavy atom. The summed E-state index contributed by atoms with van der Waals surface area (Å²) in [5.74, 6) is -0.248. The summed E-state index contributed by atoms with van der Waals surface area (Å²) in [6.45, 7) is 15.9. The summed E-state index contributed by atoms with van der Waals surface area (Å²) in [6, 6.07) is 0. The van der Waals surface area contributed by atoms with Crippen molar-refractivity contribution in [1.29, 1.82) is 0 Å². The van der Waals surface area contributed by atoms with Gasteiger partial charge in [0.05, 0.1) is 12.0 Å². The summed E-state index contributed by atoms with van der Waals surface area (Å²) in [5, 5.41) is 0. The molecule has 0 aromatic rings. The van der Waals surface area contributed by atoms with E-state index < -0.39 is 22.0 Å². The average Bonchev–Trinajstić information content (AvgIpc) is 2.45. The summed E-state index contributed by atoms with van der Waals surface area (Å²) in [4.78, 5) is 25.1. The van der Waals surface area contributed by atoms with Crippen LogP contribution in [0.3, 0.4) is 0 Å². The first-order valence-corrected chi connectivity index (χ1v) is 9.44. The van der Waals surface area contributed by atoms with Crippen molar-refractivity contribution in [3.63, 3.8) is 0 Å². The molecule has 0 rings (SSSR count). The summed E-state index contributed by atoms with van der Waals surface area (Å²) in [6.07, 6.45) is 1.67. The number of ether oxygens (including phenoxy) is 2. The van der Waals surface area contributed by atoms with Gasteiger partial charge in [0.2, 0.25) is 0 Å². The predicted molar refractivity (Wildman–Crippen MR) is 105 cm³/mol. The highest BCUT2D eigenvalue weighted by atomic mass is 16.6. The van der Waals surface area contributed by atoms with Crippen molar-refractivity contribution in [2.75, 3.05) is 19.7 Å². The van der Waals surface area contributed by atoms with Gasteiger partial charge in [-0.2, -0.15) is 0 Å². The molecule has 0 heterocycles. The molecule has 0 amide bonds. The average molecular weight is 373 g/mol. The summed E-state index contributed by atoms with van der Waals surface area (Å²) < 4.78 is 11.5. The molecule has 0 aliphatic heterocycles. The molecule has 0 fully saturated rings. The number of rotatable bonds is 12. The maximum absolute atomic E-state index is 12.7. The smallest absolute Gasteiger partial charge is 0.312 e. The van der Waals surface area contributed by atoms with Crippen LogP contribution in [0.25, 0.3) is 0 Å². The van der Waals surface area contributed by atoms with Gasteiger partial charge in [-0.1, -0.05) is 13.8 Å². The molecule has 0 spiro atoms. The van der Waals surface area contributed by atoms with Gasteiger partial charge in [0.1, 0.15) is 11.2 Å². The van der Waals surface area contributed by atoms with Crippen LogP contribution in [0.1, 0.15) is 74.7 Å². The van der Waals surface area contributed by atoms with Gasteiger partial charge in [0.25, 0.3) is 0 Å². The molecule has 0 unspecified atom stereocenters. The first-order valence-electron chi connectivity index (χ1n) is 9.44. The number of nitrogens with two attached hydrogens (primary N) is 2. The molecule has 0 saturated carbocycles. The monoisotopic (exact) mass is 372 g/mol. The molecule has 0 aromatic carbocycles. The lowest BCUT2D eigenvalue weighted by Gasteiger charge is -2.35. The highest BCUT2D eigenvalue weighted by Gasteiger charge is 2.40. The normalized spacial score (nSPS) is 13.6. The predicted octanol–water partition coefficient (Wildman–Crippen LogP) is 2.81. The Kier molecular flexibility index (Phi) is 8.94. The van der Waals surface area contributed by atoms with E-state index in [1.54, 1.807) is 13.8 Å². The van der Waals surface area contributed by atoms with Gasteiger partial charge < -0.3 is 20.9 Å². The first-order chi connectivity index (χ1) is 11.6. The molecule has 0 bridgehead atoms. The van der Waals surface area contributed by atoms with Crippen molar-refractivity contribution in [3.05, 3.63) is 0 Å². The zero-order valence-corrected chi connectivity index (χ0v) is 18.0. The Bertz CT molecular complexity index is 482. The highest BCUT2D eigenvalue weighted by Crippen LogP contribution is 2.30. The third kappa shape index (κ3) is 7.72. The second kappa shape index (κ2) is 9.29. The van der Waals surface area contributed by atoms with E-state index in [0.29, 0.717) is 39.0 Å². The maximum atomic E-state index is 12.7. The third-order valence-electron chi connectivity index (χ3n) is 4.79. The van der Waals surface area contributed by atoms with E-state index in [9.17, 15) is 9.59 Å². The van der Waals surface area contributed by atoms with Gasteiger partial charge in [-0.25, -0.2) is 0 Å². The van der Waals surface area contributed by atoms with E-state index in [0.717, 1.165) is 0 Å². The van der Waals surface area contributed by atoms with Crippen molar-refractivity contribution in [1.82, 2.24) is 0 Å². The molecule has 0 aliphatic rings. The summed E-state index contributed by atoms with van der Waals surface area (Å²) in [7, 11) is 0. The van der Waals surface area contributed by atoms with Crippen LogP contribution in [0.5, 0.6) is 0 Å². The largest absolute Gasteiger partial charge is 0.459 e. The Hall–Kier alpha value is -0.980. The summed E-state index contributed by atoms with van der Waals surface area (Å²) in [5.41, 5.74) is 8.41. The molecule has 6 nitrogen and oxygen atoms in total. The first kappa shape index (κ1) is 25.0. The molecule has 0 radical (unpaired) electrons. The van der Waals surface area contributed by atoms with E-state index in [1.165, 1.54) is 0 Å². The van der Waals surface area contributed by atoms with Crippen molar-refractivity contribution in [2.45, 2.75) is 85.9 Å². The Labute approximate surface area is 159 Å². The molecule has 154 valence electrons. The number of Topliss-reactive ketones (excluding diaryl/α,β-unsaturated/α-hetero) is 1. The number of esters is 1. The zero-order valence-electron chi connectivity index (χ0n) is 18.0. The van der Waals surface area contributed by atoms with Crippen LogP contribution < -0.4 is 11.5 Å². The van der Waals surface area contributed by atoms with Crippen LogP contribution in [0, 0.1) is 10.8 Å². The van der Waals surface area contributed by atoms with E-state index in [-0.39, 0.29) is 11.8 Å². The summed E-state index contributed by atoms with van der Waals surface area (Å²) >= 11 is 0. The molecule has 0 atom stereocenters. The standard InChI is InChI=1S/C20H40N2O4/c1-17(2,9-12-21)15(23)20(7,8)25-14-11-19(5,6)26-16(24)18(3,4)10-13-22/h9-14,21-22H2,1-8H3. The van der Waals surface area contributed by atoms with Gasteiger partial charge >= 0.3 is 5.97 Å². The minimum atomic E-state index is -0.919. The second-order valence-corrected chi connectivity index (χ2v) is 9.43. The topological polar surface area (TPSA) is 105 Å². The van der Waals surface area contributed by atoms with Crippen LogP contribution >= 0.6 is 0 Å². The van der Waals surface area contributed by atoms with Crippen molar-refractivity contribution < 1.29 is 19.1 Å². The van der Waals surface area contributed by atoms with Crippen LogP contribution in [0.2, 0.25) is 0 Å². The fraction of sp³-hybridized carbons (Fsp3) is 0.900. The van der Waals surface area contributed by atoms with E-state index in [4.69, 9.17) is 20.9 Å². The second-order valence-electron chi connectivity index (χ2n) is 9.43. The number of hydrogen-bond donors (Lipinski definition) is 2. The maximum Gasteiger partial charge on any atom is 0.312 e. The Morgan fingerprint density at radius 3 is 1.69 bits per heavy atom. The molecule has 0 saturated heterocycles. The van der Waals surface area contributed by atoms with E-state index >= 15 is 0 Å². The van der Waals surface area contributed by atoms with Gasteiger partial charge in [0, 0.05) is 11.8 Å². The van der Waals surface area contributed by atoms with Crippen molar-refractivity contribution >= 4 is 11.8 Å². The van der Waals surface area contributed by atoms with E-state index in [2.05, 4.69) is 0 Å². The van der Waals surface area contributed by atoms with Gasteiger partial charge in [-0.15, -0.1) is 0 Å².